The topological polar surface area (TPSA) is 130 Å². The van der Waals surface area contributed by atoms with E-state index in [0.29, 0.717) is 0 Å². The van der Waals surface area contributed by atoms with Crippen LogP contribution in [0.2, 0.25) is 0 Å². The average Bonchev–Trinajstić information content (AvgIpc) is 3.15. The summed E-state index contributed by atoms with van der Waals surface area (Å²) in [6.07, 6.45) is -4.47. The highest BCUT2D eigenvalue weighted by atomic mass is 19.4. The van der Waals surface area contributed by atoms with Crippen molar-refractivity contribution in [2.45, 2.75) is 31.7 Å². The Morgan fingerprint density at radius 1 is 0.953 bits per heavy atom. The van der Waals surface area contributed by atoms with Gasteiger partial charge in [0.05, 0.1) is 20.3 Å². The van der Waals surface area contributed by atoms with Crippen LogP contribution < -0.4 is 4.74 Å². The minimum absolute atomic E-state index is 0.101. The second-order valence-corrected chi connectivity index (χ2v) is 9.75. The number of ether oxygens (including phenoxy) is 2. The number of benzene rings is 1. The van der Waals surface area contributed by atoms with Crippen LogP contribution in [0.1, 0.15) is 28.8 Å². The van der Waals surface area contributed by atoms with Gasteiger partial charge in [0.2, 0.25) is 0 Å². The van der Waals surface area contributed by atoms with Gasteiger partial charge in [0.25, 0.3) is 5.91 Å². The summed E-state index contributed by atoms with van der Waals surface area (Å²) >= 11 is 0. The summed E-state index contributed by atoms with van der Waals surface area (Å²) in [5, 5.41) is 14.2. The lowest BCUT2D eigenvalue weighted by Crippen LogP contribution is -2.48. The molecule has 1 aromatic heterocycles. The molecular weight excluding hydrogens is 592 g/mol. The standard InChI is InChI=1S/C23H29N3O3.2C2HF3O2/c1-28-21-6-4-20(5-7-21)22(27)26-11-8-23(9-12-26)17-25(13-14-29-18-23)16-19-3-2-10-24-15-19;2*3-2(4,5)1(6)7/h2-7,10,15H,8-9,11-14,16-18H2,1H3;2*(H,6,7). The van der Waals surface area contributed by atoms with Crippen molar-refractivity contribution in [1.29, 1.82) is 0 Å². The molecule has 1 spiro atoms. The van der Waals surface area contributed by atoms with Crippen LogP contribution in [-0.4, -0.2) is 102 Å². The molecule has 0 bridgehead atoms. The number of carboxylic acids is 2. The number of hydrogen-bond donors (Lipinski definition) is 2. The van der Waals surface area contributed by atoms with E-state index in [4.69, 9.17) is 29.3 Å². The Balaban J connectivity index is 0.000000384. The molecule has 0 radical (unpaired) electrons. The van der Waals surface area contributed by atoms with Gasteiger partial charge in [-0.2, -0.15) is 26.3 Å². The lowest BCUT2D eigenvalue weighted by atomic mass is 9.78. The van der Waals surface area contributed by atoms with Gasteiger partial charge in [-0.1, -0.05) is 6.07 Å². The molecule has 1 aromatic carbocycles. The number of likely N-dealkylation sites (tertiary alicyclic amines) is 1. The van der Waals surface area contributed by atoms with E-state index in [1.807, 2.05) is 47.6 Å². The Hall–Kier alpha value is -3.92. The minimum Gasteiger partial charge on any atom is -0.497 e. The lowest BCUT2D eigenvalue weighted by Gasteiger charge is -2.42. The summed E-state index contributed by atoms with van der Waals surface area (Å²) < 4.78 is 74.6. The third kappa shape index (κ3) is 11.7. The summed E-state index contributed by atoms with van der Waals surface area (Å²) in [6.45, 7) is 5.92. The van der Waals surface area contributed by atoms with E-state index in [1.165, 1.54) is 5.56 Å². The molecule has 43 heavy (non-hydrogen) atoms. The Labute approximate surface area is 242 Å². The van der Waals surface area contributed by atoms with Crippen molar-refractivity contribution in [3.05, 3.63) is 59.9 Å². The fourth-order valence-corrected chi connectivity index (χ4v) is 4.37. The predicted molar refractivity (Wildman–Crippen MR) is 138 cm³/mol. The third-order valence-corrected chi connectivity index (χ3v) is 6.58. The van der Waals surface area contributed by atoms with Crippen molar-refractivity contribution in [2.75, 3.05) is 46.5 Å². The second-order valence-electron chi connectivity index (χ2n) is 9.75. The Bertz CT molecular complexity index is 1160. The molecule has 4 rings (SSSR count). The van der Waals surface area contributed by atoms with Crippen LogP contribution in [-0.2, 0) is 20.9 Å². The zero-order chi connectivity index (χ0) is 32.3. The highest BCUT2D eigenvalue weighted by molar-refractivity contribution is 5.94. The predicted octanol–water partition coefficient (Wildman–Crippen LogP) is 4.11. The van der Waals surface area contributed by atoms with Crippen LogP contribution in [0.5, 0.6) is 5.75 Å². The monoisotopic (exact) mass is 623 g/mol. The van der Waals surface area contributed by atoms with Crippen LogP contribution in [0.3, 0.4) is 0 Å². The molecular formula is C27H31F6N3O7. The first kappa shape index (κ1) is 35.3. The zero-order valence-electron chi connectivity index (χ0n) is 23.0. The van der Waals surface area contributed by atoms with Crippen molar-refractivity contribution in [3.8, 4) is 5.75 Å². The SMILES string of the molecule is COc1ccc(C(=O)N2CCC3(CC2)COCCN(Cc2cccnc2)C3)cc1.O=C(O)C(F)(F)F.O=C(O)C(F)(F)F. The number of halogens is 6. The summed E-state index contributed by atoms with van der Waals surface area (Å²) in [7, 11) is 1.63. The van der Waals surface area contributed by atoms with Gasteiger partial charge in [0.1, 0.15) is 5.75 Å². The van der Waals surface area contributed by atoms with Gasteiger partial charge in [-0.05, 0) is 48.7 Å². The number of alkyl halides is 6. The number of nitrogens with zero attached hydrogens (tertiary/aromatic N) is 3. The smallest absolute Gasteiger partial charge is 0.490 e. The van der Waals surface area contributed by atoms with Crippen molar-refractivity contribution in [2.24, 2.45) is 5.41 Å². The van der Waals surface area contributed by atoms with Gasteiger partial charge >= 0.3 is 24.3 Å². The number of pyridine rings is 1. The molecule has 0 unspecified atom stereocenters. The number of rotatable bonds is 4. The first-order valence-corrected chi connectivity index (χ1v) is 12.8. The highest BCUT2D eigenvalue weighted by Gasteiger charge is 2.40. The maximum atomic E-state index is 12.9. The second kappa shape index (κ2) is 15.5. The molecule has 2 saturated heterocycles. The van der Waals surface area contributed by atoms with Crippen LogP contribution in [0.15, 0.2) is 48.8 Å². The molecule has 0 aliphatic carbocycles. The molecule has 3 heterocycles. The van der Waals surface area contributed by atoms with E-state index >= 15 is 0 Å². The molecule has 0 saturated carbocycles. The molecule has 10 nitrogen and oxygen atoms in total. The molecule has 16 heteroatoms. The van der Waals surface area contributed by atoms with Gasteiger partial charge < -0.3 is 24.6 Å². The van der Waals surface area contributed by atoms with Crippen molar-refractivity contribution < 1.29 is 60.4 Å². The van der Waals surface area contributed by atoms with Crippen molar-refractivity contribution in [3.63, 3.8) is 0 Å². The molecule has 2 fully saturated rings. The minimum atomic E-state index is -5.08. The summed E-state index contributed by atoms with van der Waals surface area (Å²) in [5.41, 5.74) is 2.07. The molecule has 1 amide bonds. The Morgan fingerprint density at radius 2 is 1.51 bits per heavy atom. The first-order chi connectivity index (χ1) is 20.1. The fourth-order valence-electron chi connectivity index (χ4n) is 4.37. The van der Waals surface area contributed by atoms with Gasteiger partial charge in [-0.15, -0.1) is 0 Å². The van der Waals surface area contributed by atoms with E-state index in [2.05, 4.69) is 16.0 Å². The van der Waals surface area contributed by atoms with Gasteiger partial charge in [0.15, 0.2) is 0 Å². The summed E-state index contributed by atoms with van der Waals surface area (Å²) in [5.74, 6) is -4.65. The summed E-state index contributed by atoms with van der Waals surface area (Å²) in [4.78, 5) is 39.4. The Morgan fingerprint density at radius 3 is 1.98 bits per heavy atom. The van der Waals surface area contributed by atoms with E-state index in [0.717, 1.165) is 70.1 Å². The number of piperidine rings is 1. The first-order valence-electron chi connectivity index (χ1n) is 12.8. The fraction of sp³-hybridized carbons (Fsp3) is 0.481. The average molecular weight is 624 g/mol. The number of amides is 1. The number of carbonyl (C=O) groups excluding carboxylic acids is 1. The van der Waals surface area contributed by atoms with Crippen LogP contribution >= 0.6 is 0 Å². The molecule has 2 aliphatic heterocycles. The maximum Gasteiger partial charge on any atom is 0.490 e. The number of carboxylic acid groups (broad SMARTS) is 2. The van der Waals surface area contributed by atoms with Gasteiger partial charge in [0, 0.05) is 56.1 Å². The number of aliphatic carboxylic acids is 2. The van der Waals surface area contributed by atoms with E-state index in [1.54, 1.807) is 7.11 Å². The molecule has 2 N–H and O–H groups in total. The Kier molecular flexibility index (Phi) is 12.7. The van der Waals surface area contributed by atoms with Crippen LogP contribution in [0.25, 0.3) is 0 Å². The number of methoxy groups -OCH3 is 1. The van der Waals surface area contributed by atoms with E-state index in [9.17, 15) is 31.1 Å². The number of aromatic nitrogens is 1. The normalized spacial score (nSPS) is 17.0. The largest absolute Gasteiger partial charge is 0.497 e. The third-order valence-electron chi connectivity index (χ3n) is 6.58. The van der Waals surface area contributed by atoms with Crippen LogP contribution in [0.4, 0.5) is 26.3 Å². The van der Waals surface area contributed by atoms with E-state index in [-0.39, 0.29) is 11.3 Å². The van der Waals surface area contributed by atoms with Crippen molar-refractivity contribution in [1.82, 2.24) is 14.8 Å². The number of carbonyl (C=O) groups is 3. The van der Waals surface area contributed by atoms with Crippen molar-refractivity contribution >= 4 is 17.8 Å². The molecule has 2 aromatic rings. The molecule has 2 aliphatic rings. The summed E-state index contributed by atoms with van der Waals surface area (Å²) in [6, 6.07) is 11.5. The highest BCUT2D eigenvalue weighted by Crippen LogP contribution is 2.35. The van der Waals surface area contributed by atoms with Crippen LogP contribution in [0, 0.1) is 5.41 Å². The zero-order valence-corrected chi connectivity index (χ0v) is 23.0. The quantitative estimate of drug-likeness (QED) is 0.484. The van der Waals surface area contributed by atoms with Gasteiger partial charge in [-0.25, -0.2) is 9.59 Å². The number of hydrogen-bond acceptors (Lipinski definition) is 7. The molecule has 0 atom stereocenters. The van der Waals surface area contributed by atoms with E-state index < -0.39 is 24.3 Å². The van der Waals surface area contributed by atoms with Gasteiger partial charge in [-0.3, -0.25) is 14.7 Å². The molecule has 238 valence electrons. The lowest BCUT2D eigenvalue weighted by molar-refractivity contribution is -0.193. The maximum absolute atomic E-state index is 12.9.